The lowest BCUT2D eigenvalue weighted by Crippen LogP contribution is -2.14. The third kappa shape index (κ3) is 4.37. The zero-order chi connectivity index (χ0) is 22.2. The molecular weight excluding hydrogens is 487 g/mol. The molecule has 1 aromatic heterocycles. The van der Waals surface area contributed by atoms with Gasteiger partial charge in [0.25, 0.3) is 0 Å². The second-order valence-electron chi connectivity index (χ2n) is 7.36. The second-order valence-corrected chi connectivity index (χ2v) is 9.87. The molecule has 4 aromatic rings. The van der Waals surface area contributed by atoms with Gasteiger partial charge in [0.1, 0.15) is 0 Å². The summed E-state index contributed by atoms with van der Waals surface area (Å²) in [4.78, 5) is 18.0. The number of alkyl halides is 2. The van der Waals surface area contributed by atoms with Crippen molar-refractivity contribution in [1.82, 2.24) is 4.57 Å². The van der Waals surface area contributed by atoms with Gasteiger partial charge in [-0.15, -0.1) is 0 Å². The third-order valence-corrected chi connectivity index (χ3v) is 6.81. The van der Waals surface area contributed by atoms with Crippen molar-refractivity contribution in [3.05, 3.63) is 106 Å². The summed E-state index contributed by atoms with van der Waals surface area (Å²) in [7, 11) is -5.63. The van der Waals surface area contributed by atoms with Crippen LogP contribution in [0, 0.1) is 0 Å². The number of benzene rings is 3. The molecule has 0 aliphatic heterocycles. The molecule has 0 unspecified atom stereocenters. The lowest BCUT2D eigenvalue weighted by atomic mass is 10.0. The van der Waals surface area contributed by atoms with Gasteiger partial charge in [0.05, 0.1) is 0 Å². The highest BCUT2D eigenvalue weighted by atomic mass is 79.9. The van der Waals surface area contributed by atoms with Crippen LogP contribution in [0.1, 0.15) is 22.3 Å². The zero-order valence-corrected chi connectivity index (χ0v) is 18.7. The van der Waals surface area contributed by atoms with Crippen molar-refractivity contribution >= 4 is 34.4 Å². The van der Waals surface area contributed by atoms with E-state index in [0.29, 0.717) is 6.54 Å². The van der Waals surface area contributed by atoms with Gasteiger partial charge in [-0.2, -0.15) is 8.78 Å². The first-order valence-electron chi connectivity index (χ1n) is 9.50. The summed E-state index contributed by atoms with van der Waals surface area (Å²) in [5, 5.41) is 1.12. The molecule has 0 atom stereocenters. The average molecular weight is 506 g/mol. The molecular formula is C23H19BrF2NO3P. The van der Waals surface area contributed by atoms with Crippen LogP contribution in [-0.4, -0.2) is 14.4 Å². The molecule has 1 heterocycles. The van der Waals surface area contributed by atoms with Gasteiger partial charge < -0.3 is 14.4 Å². The highest BCUT2D eigenvalue weighted by Gasteiger charge is 2.51. The minimum atomic E-state index is -5.63. The summed E-state index contributed by atoms with van der Waals surface area (Å²) < 4.78 is 41.4. The van der Waals surface area contributed by atoms with E-state index in [2.05, 4.69) is 44.9 Å². The molecule has 4 nitrogen and oxygen atoms in total. The van der Waals surface area contributed by atoms with Crippen molar-refractivity contribution in [3.63, 3.8) is 0 Å². The number of para-hydroxylation sites is 1. The number of fused-ring (bicyclic) bond motifs is 1. The largest absolute Gasteiger partial charge is 0.399 e. The number of hydrogen-bond donors (Lipinski definition) is 2. The van der Waals surface area contributed by atoms with Crippen LogP contribution >= 0.6 is 23.5 Å². The van der Waals surface area contributed by atoms with Crippen LogP contribution in [0.2, 0.25) is 0 Å². The summed E-state index contributed by atoms with van der Waals surface area (Å²) in [5.41, 5.74) is -0.888. The molecule has 0 amide bonds. The molecule has 0 saturated carbocycles. The van der Waals surface area contributed by atoms with Gasteiger partial charge in [-0.25, -0.2) is 0 Å². The average Bonchev–Trinajstić information content (AvgIpc) is 3.05. The van der Waals surface area contributed by atoms with Crippen LogP contribution < -0.4 is 0 Å². The monoisotopic (exact) mass is 505 g/mol. The minimum Gasteiger partial charge on any atom is -0.343 e. The predicted molar refractivity (Wildman–Crippen MR) is 120 cm³/mol. The van der Waals surface area contributed by atoms with Crippen LogP contribution in [0.15, 0.2) is 83.5 Å². The van der Waals surface area contributed by atoms with Crippen molar-refractivity contribution in [2.24, 2.45) is 0 Å². The molecule has 160 valence electrons. The van der Waals surface area contributed by atoms with E-state index in [4.69, 9.17) is 9.79 Å². The van der Waals surface area contributed by atoms with Crippen molar-refractivity contribution in [3.8, 4) is 0 Å². The van der Waals surface area contributed by atoms with Crippen molar-refractivity contribution in [2.45, 2.75) is 18.6 Å². The maximum Gasteiger partial charge on any atom is 0.399 e. The van der Waals surface area contributed by atoms with E-state index >= 15 is 0 Å². The van der Waals surface area contributed by atoms with Crippen LogP contribution in [0.3, 0.4) is 0 Å². The van der Waals surface area contributed by atoms with Gasteiger partial charge in [-0.3, -0.25) is 4.57 Å². The molecule has 4 rings (SSSR count). The smallest absolute Gasteiger partial charge is 0.343 e. The predicted octanol–water partition coefficient (Wildman–Crippen LogP) is 6.27. The van der Waals surface area contributed by atoms with E-state index in [9.17, 15) is 13.3 Å². The quantitative estimate of drug-likeness (QED) is 0.303. The topological polar surface area (TPSA) is 62.5 Å². The summed E-state index contributed by atoms with van der Waals surface area (Å²) in [5.74, 6) is 0. The first kappa shape index (κ1) is 21.9. The van der Waals surface area contributed by atoms with Gasteiger partial charge in [-0.05, 0) is 35.2 Å². The Bertz CT molecular complexity index is 1280. The fraction of sp³-hybridized carbons (Fsp3) is 0.130. The molecule has 0 aliphatic carbocycles. The summed E-state index contributed by atoms with van der Waals surface area (Å²) in [6, 6.07) is 22.1. The van der Waals surface area contributed by atoms with E-state index in [1.54, 1.807) is 0 Å². The zero-order valence-electron chi connectivity index (χ0n) is 16.3. The van der Waals surface area contributed by atoms with Crippen molar-refractivity contribution in [2.75, 3.05) is 0 Å². The van der Waals surface area contributed by atoms with Gasteiger partial charge in [-0.1, -0.05) is 76.6 Å². The van der Waals surface area contributed by atoms with E-state index in [0.717, 1.165) is 34.5 Å². The third-order valence-electron chi connectivity index (χ3n) is 5.18. The molecule has 0 spiro atoms. The molecule has 0 fully saturated rings. The van der Waals surface area contributed by atoms with Crippen LogP contribution in [0.4, 0.5) is 8.78 Å². The fourth-order valence-electron chi connectivity index (χ4n) is 3.66. The number of aromatic nitrogens is 1. The Labute approximate surface area is 186 Å². The Morgan fingerprint density at radius 3 is 2.29 bits per heavy atom. The van der Waals surface area contributed by atoms with Gasteiger partial charge >= 0.3 is 13.3 Å². The van der Waals surface area contributed by atoms with Crippen LogP contribution in [-0.2, 0) is 23.2 Å². The normalized spacial score (nSPS) is 12.4. The Kier molecular flexibility index (Phi) is 5.88. The summed E-state index contributed by atoms with van der Waals surface area (Å²) in [6.07, 6.45) is 2.83. The molecule has 8 heteroatoms. The van der Waals surface area contributed by atoms with Gasteiger partial charge in [0.2, 0.25) is 0 Å². The highest BCUT2D eigenvalue weighted by molar-refractivity contribution is 9.10. The number of hydrogen-bond acceptors (Lipinski definition) is 1. The van der Waals surface area contributed by atoms with Crippen molar-refractivity contribution in [1.29, 1.82) is 0 Å². The Morgan fingerprint density at radius 2 is 1.61 bits per heavy atom. The number of nitrogens with zero attached hydrogens (tertiary/aromatic N) is 1. The maximum atomic E-state index is 14.1. The fourth-order valence-corrected chi connectivity index (χ4v) is 5.00. The first-order chi connectivity index (χ1) is 14.7. The lowest BCUT2D eigenvalue weighted by molar-refractivity contribution is 0.0557. The van der Waals surface area contributed by atoms with E-state index in [-0.39, 0.29) is 4.47 Å². The second kappa shape index (κ2) is 8.32. The van der Waals surface area contributed by atoms with E-state index in [1.165, 1.54) is 17.7 Å². The molecule has 0 saturated heterocycles. The van der Waals surface area contributed by atoms with Gasteiger partial charge in [0, 0.05) is 33.7 Å². The Morgan fingerprint density at radius 1 is 0.935 bits per heavy atom. The molecule has 0 bridgehead atoms. The summed E-state index contributed by atoms with van der Waals surface area (Å²) >= 11 is 3.06. The maximum absolute atomic E-state index is 14.1. The number of rotatable bonds is 6. The van der Waals surface area contributed by atoms with E-state index < -0.39 is 18.8 Å². The van der Waals surface area contributed by atoms with E-state index in [1.807, 2.05) is 36.4 Å². The van der Waals surface area contributed by atoms with Crippen molar-refractivity contribution < 1.29 is 23.1 Å². The SMILES string of the molecule is O=P(O)(O)C(F)(F)c1ccc(Cn2cc(Cc3ccccc3)c3ccccc32)cc1Br. The lowest BCUT2D eigenvalue weighted by Gasteiger charge is -2.19. The Balaban J connectivity index is 1.68. The molecule has 0 aliphatic rings. The van der Waals surface area contributed by atoms with Crippen LogP contribution in [0.5, 0.6) is 0 Å². The number of halogens is 3. The van der Waals surface area contributed by atoms with Gasteiger partial charge in [0.15, 0.2) is 0 Å². The first-order valence-corrected chi connectivity index (χ1v) is 11.9. The standard InChI is InChI=1S/C23H19BrF2NO3P/c24-21-13-17(10-11-20(21)23(25,26)31(28,29)30)14-27-15-18(12-16-6-2-1-3-7-16)19-8-4-5-9-22(19)27/h1-11,13,15H,12,14H2,(H2,28,29,30). The molecule has 0 radical (unpaired) electrons. The molecule has 31 heavy (non-hydrogen) atoms. The highest BCUT2D eigenvalue weighted by Crippen LogP contribution is 2.60. The molecule has 3 aromatic carbocycles. The summed E-state index contributed by atoms with van der Waals surface area (Å²) in [6.45, 7) is 0.426. The molecule has 2 N–H and O–H groups in total. The van der Waals surface area contributed by atoms with Crippen LogP contribution in [0.25, 0.3) is 10.9 Å². The minimum absolute atomic E-state index is 0.0423. The Hall–Kier alpha value is -2.31.